The van der Waals surface area contributed by atoms with Crippen LogP contribution in [0.3, 0.4) is 0 Å². The Balaban J connectivity index is 2.56. The van der Waals surface area contributed by atoms with Crippen molar-refractivity contribution in [1.82, 2.24) is 0 Å². The number of nitrogens with two attached hydrogens (primary N) is 1. The monoisotopic (exact) mass is 261 g/mol. The van der Waals surface area contributed by atoms with Crippen LogP contribution in [0.25, 0.3) is 0 Å². The van der Waals surface area contributed by atoms with Gasteiger partial charge in [-0.2, -0.15) is 11.8 Å². The van der Waals surface area contributed by atoms with Crippen LogP contribution in [-0.4, -0.2) is 5.75 Å². The molecule has 0 aromatic heterocycles. The van der Waals surface area contributed by atoms with Gasteiger partial charge in [-0.05, 0) is 17.7 Å². The van der Waals surface area contributed by atoms with Crippen molar-refractivity contribution >= 4 is 27.7 Å². The highest BCUT2D eigenvalue weighted by atomic mass is 79.9. The molecule has 0 unspecified atom stereocenters. The molecule has 1 aliphatic rings. The van der Waals surface area contributed by atoms with E-state index in [1.807, 2.05) is 6.07 Å². The second kappa shape index (κ2) is 3.59. The Morgan fingerprint density at radius 1 is 1.54 bits per heavy atom. The van der Waals surface area contributed by atoms with Gasteiger partial charge >= 0.3 is 0 Å². The van der Waals surface area contributed by atoms with Crippen molar-refractivity contribution in [3.05, 3.63) is 33.5 Å². The second-order valence-corrected chi connectivity index (χ2v) is 5.02. The van der Waals surface area contributed by atoms with E-state index in [1.165, 1.54) is 6.07 Å². The SMILES string of the molecule is N[C@H]1CSCc2c(F)cc(Br)cc21. The van der Waals surface area contributed by atoms with Crippen LogP contribution >= 0.6 is 27.7 Å². The summed E-state index contributed by atoms with van der Waals surface area (Å²) in [6.45, 7) is 0. The van der Waals surface area contributed by atoms with E-state index in [1.54, 1.807) is 11.8 Å². The second-order valence-electron chi connectivity index (χ2n) is 3.08. The topological polar surface area (TPSA) is 26.0 Å². The number of thioether (sulfide) groups is 1. The molecule has 1 heterocycles. The van der Waals surface area contributed by atoms with Crippen molar-refractivity contribution in [2.75, 3.05) is 5.75 Å². The maximum atomic E-state index is 13.4. The van der Waals surface area contributed by atoms with Crippen LogP contribution in [0, 0.1) is 5.82 Å². The Labute approximate surface area is 89.0 Å². The summed E-state index contributed by atoms with van der Waals surface area (Å²) < 4.78 is 14.2. The number of hydrogen-bond donors (Lipinski definition) is 1. The third-order valence-electron chi connectivity index (χ3n) is 2.14. The van der Waals surface area contributed by atoms with Gasteiger partial charge in [0.2, 0.25) is 0 Å². The third-order valence-corrected chi connectivity index (χ3v) is 3.68. The lowest BCUT2D eigenvalue weighted by atomic mass is 10.0. The molecule has 2 rings (SSSR count). The highest BCUT2D eigenvalue weighted by Gasteiger charge is 2.20. The van der Waals surface area contributed by atoms with Gasteiger partial charge in [-0.15, -0.1) is 0 Å². The van der Waals surface area contributed by atoms with Crippen LogP contribution in [0.5, 0.6) is 0 Å². The smallest absolute Gasteiger partial charge is 0.128 e. The lowest BCUT2D eigenvalue weighted by Crippen LogP contribution is -2.19. The normalized spacial score (nSPS) is 21.3. The largest absolute Gasteiger partial charge is 0.323 e. The van der Waals surface area contributed by atoms with E-state index in [4.69, 9.17) is 5.73 Å². The Hall–Kier alpha value is -0.0600. The maximum absolute atomic E-state index is 13.4. The Morgan fingerprint density at radius 2 is 2.31 bits per heavy atom. The van der Waals surface area contributed by atoms with Crippen molar-refractivity contribution in [2.24, 2.45) is 5.73 Å². The van der Waals surface area contributed by atoms with E-state index in [9.17, 15) is 4.39 Å². The van der Waals surface area contributed by atoms with Crippen LogP contribution in [0.2, 0.25) is 0 Å². The molecule has 0 fully saturated rings. The lowest BCUT2D eigenvalue weighted by molar-refractivity contribution is 0.607. The molecule has 0 radical (unpaired) electrons. The third kappa shape index (κ3) is 1.75. The minimum atomic E-state index is -0.146. The molecule has 4 heteroatoms. The molecular weight excluding hydrogens is 253 g/mol. The molecule has 0 saturated carbocycles. The molecule has 1 aliphatic heterocycles. The standard InChI is InChI=1S/C9H9BrFNS/c10-5-1-6-7(8(11)2-5)3-13-4-9(6)12/h1-2,9H,3-4,12H2/t9-/m0/s1. The van der Waals surface area contributed by atoms with E-state index in [0.717, 1.165) is 27.1 Å². The fourth-order valence-corrected chi connectivity index (χ4v) is 2.99. The average molecular weight is 262 g/mol. The average Bonchev–Trinajstić information content (AvgIpc) is 2.07. The summed E-state index contributed by atoms with van der Waals surface area (Å²) in [7, 11) is 0. The molecule has 1 atom stereocenters. The van der Waals surface area contributed by atoms with Crippen LogP contribution in [-0.2, 0) is 5.75 Å². The zero-order valence-corrected chi connectivity index (χ0v) is 9.29. The van der Waals surface area contributed by atoms with Gasteiger partial charge in [-0.3, -0.25) is 0 Å². The van der Waals surface area contributed by atoms with Gasteiger partial charge in [-0.25, -0.2) is 4.39 Å². The summed E-state index contributed by atoms with van der Waals surface area (Å²) in [4.78, 5) is 0. The Kier molecular flexibility index (Phi) is 2.62. The van der Waals surface area contributed by atoms with Crippen molar-refractivity contribution in [3.63, 3.8) is 0 Å². The number of rotatable bonds is 0. The van der Waals surface area contributed by atoms with Crippen molar-refractivity contribution in [2.45, 2.75) is 11.8 Å². The molecule has 0 spiro atoms. The Bertz CT molecular complexity index is 343. The first kappa shape index (κ1) is 9.49. The van der Waals surface area contributed by atoms with E-state index in [-0.39, 0.29) is 11.9 Å². The van der Waals surface area contributed by atoms with E-state index >= 15 is 0 Å². The van der Waals surface area contributed by atoms with Crippen LogP contribution < -0.4 is 5.73 Å². The summed E-state index contributed by atoms with van der Waals surface area (Å²) in [5.74, 6) is 1.47. The van der Waals surface area contributed by atoms with Crippen LogP contribution in [0.1, 0.15) is 17.2 Å². The first-order chi connectivity index (χ1) is 6.18. The fraction of sp³-hybridized carbons (Fsp3) is 0.333. The van der Waals surface area contributed by atoms with Gasteiger partial charge in [0.1, 0.15) is 5.82 Å². The highest BCUT2D eigenvalue weighted by Crippen LogP contribution is 2.33. The number of fused-ring (bicyclic) bond motifs is 1. The Morgan fingerprint density at radius 3 is 3.08 bits per heavy atom. The predicted octanol–water partition coefficient (Wildman–Crippen LogP) is 2.83. The molecule has 0 aliphatic carbocycles. The summed E-state index contributed by atoms with van der Waals surface area (Å²) in [6.07, 6.45) is 0. The molecule has 0 saturated heterocycles. The first-order valence-corrected chi connectivity index (χ1v) is 5.94. The van der Waals surface area contributed by atoms with Gasteiger partial charge in [0.15, 0.2) is 0 Å². The molecular formula is C9H9BrFNS. The lowest BCUT2D eigenvalue weighted by Gasteiger charge is -2.22. The number of hydrogen-bond acceptors (Lipinski definition) is 2. The molecule has 1 nitrogen and oxygen atoms in total. The molecule has 2 N–H and O–H groups in total. The zero-order chi connectivity index (χ0) is 9.42. The minimum Gasteiger partial charge on any atom is -0.323 e. The first-order valence-electron chi connectivity index (χ1n) is 3.99. The summed E-state index contributed by atoms with van der Waals surface area (Å²) in [6, 6.07) is 3.39. The van der Waals surface area contributed by atoms with Crippen molar-refractivity contribution < 1.29 is 4.39 Å². The van der Waals surface area contributed by atoms with E-state index < -0.39 is 0 Å². The molecule has 70 valence electrons. The molecule has 0 bridgehead atoms. The number of halogens is 2. The zero-order valence-electron chi connectivity index (χ0n) is 6.89. The van der Waals surface area contributed by atoms with Crippen LogP contribution in [0.15, 0.2) is 16.6 Å². The van der Waals surface area contributed by atoms with Gasteiger partial charge in [0.05, 0.1) is 0 Å². The fourth-order valence-electron chi connectivity index (χ4n) is 1.48. The summed E-state index contributed by atoms with van der Waals surface area (Å²) >= 11 is 4.95. The molecule has 13 heavy (non-hydrogen) atoms. The maximum Gasteiger partial charge on any atom is 0.128 e. The van der Waals surface area contributed by atoms with E-state index in [0.29, 0.717) is 0 Å². The van der Waals surface area contributed by atoms with Crippen molar-refractivity contribution in [3.8, 4) is 0 Å². The van der Waals surface area contributed by atoms with E-state index in [2.05, 4.69) is 15.9 Å². The van der Waals surface area contributed by atoms with Crippen molar-refractivity contribution in [1.29, 1.82) is 0 Å². The molecule has 1 aromatic carbocycles. The minimum absolute atomic E-state index is 0.0271. The highest BCUT2D eigenvalue weighted by molar-refractivity contribution is 9.10. The summed E-state index contributed by atoms with van der Waals surface area (Å²) in [5.41, 5.74) is 7.60. The quantitative estimate of drug-likeness (QED) is 0.778. The predicted molar refractivity (Wildman–Crippen MR) is 57.2 cm³/mol. The van der Waals surface area contributed by atoms with Gasteiger partial charge in [-0.1, -0.05) is 15.9 Å². The molecule has 0 amide bonds. The van der Waals surface area contributed by atoms with Gasteiger partial charge in [0.25, 0.3) is 0 Å². The number of benzene rings is 1. The van der Waals surface area contributed by atoms with Crippen LogP contribution in [0.4, 0.5) is 4.39 Å². The molecule has 1 aromatic rings. The summed E-state index contributed by atoms with van der Waals surface area (Å²) in [5, 5.41) is 0. The van der Waals surface area contributed by atoms with Gasteiger partial charge in [0, 0.05) is 27.6 Å². The van der Waals surface area contributed by atoms with Gasteiger partial charge < -0.3 is 5.73 Å².